The Morgan fingerprint density at radius 2 is 1.89 bits per heavy atom. The predicted molar refractivity (Wildman–Crippen MR) is 74.1 cm³/mol. The largest absolute Gasteiger partial charge is 0.508 e. The zero-order chi connectivity index (χ0) is 15.0. The average molecular weight is 307 g/mol. The van der Waals surface area contributed by atoms with Crippen molar-refractivity contribution in [2.75, 3.05) is 0 Å². The molecule has 0 saturated carbocycles. The predicted octanol–water partition coefficient (Wildman–Crippen LogP) is 1.61. The van der Waals surface area contributed by atoms with E-state index in [-0.39, 0.29) is 21.8 Å². The van der Waals surface area contributed by atoms with Gasteiger partial charge < -0.3 is 15.9 Å². The topological polar surface area (TPSA) is 132 Å². The molecule has 0 aliphatic rings. The highest BCUT2D eigenvalue weighted by Gasteiger charge is 2.05. The molecule has 9 heteroatoms. The minimum Gasteiger partial charge on any atom is -0.508 e. The fourth-order valence-electron chi connectivity index (χ4n) is 0.861. The lowest BCUT2D eigenvalue weighted by atomic mass is 10.2. The van der Waals surface area contributed by atoms with E-state index in [9.17, 15) is 0 Å². The molecule has 0 aliphatic carbocycles. The second kappa shape index (κ2) is 8.17. The highest BCUT2D eigenvalue weighted by atomic mass is 35.5. The summed E-state index contributed by atoms with van der Waals surface area (Å²) in [6.07, 6.45) is 1.31. The molecule has 104 valence electrons. The van der Waals surface area contributed by atoms with Crippen LogP contribution in [0.15, 0.2) is 17.2 Å². The van der Waals surface area contributed by atoms with Crippen molar-refractivity contribution in [3.05, 3.63) is 27.7 Å². The molecule has 0 unspecified atom stereocenters. The molecule has 0 aliphatic heterocycles. The standard InChI is InChI=1S/C8H8Cl2N4O.C2H4O2/c9-6-1-4(15)2-7(10)5(6)3-13-14-8(11)12;1-2(3)4/h1-3,15H,(H4,11,12,14);1H3,(H,3,4)/b13-3+;. The van der Waals surface area contributed by atoms with Crippen LogP contribution in [0.1, 0.15) is 12.5 Å². The first-order valence-electron chi connectivity index (χ1n) is 4.74. The maximum Gasteiger partial charge on any atom is 0.300 e. The molecule has 0 aromatic heterocycles. The summed E-state index contributed by atoms with van der Waals surface area (Å²) in [7, 11) is 0. The Kier molecular flexibility index (Phi) is 7.32. The zero-order valence-corrected chi connectivity index (χ0v) is 11.3. The van der Waals surface area contributed by atoms with Gasteiger partial charge in [0.1, 0.15) is 5.75 Å². The van der Waals surface area contributed by atoms with Gasteiger partial charge in [0.2, 0.25) is 5.96 Å². The first kappa shape index (κ1) is 17.0. The van der Waals surface area contributed by atoms with Crippen molar-refractivity contribution in [3.63, 3.8) is 0 Å². The number of carboxylic acids is 1. The van der Waals surface area contributed by atoms with Gasteiger partial charge in [-0.25, -0.2) is 5.43 Å². The van der Waals surface area contributed by atoms with Gasteiger partial charge in [-0.15, -0.1) is 0 Å². The first-order chi connectivity index (χ1) is 8.73. The number of hydrogen-bond acceptors (Lipinski definition) is 4. The first-order valence-corrected chi connectivity index (χ1v) is 5.50. The van der Waals surface area contributed by atoms with Gasteiger partial charge >= 0.3 is 0 Å². The summed E-state index contributed by atoms with van der Waals surface area (Å²) in [5.41, 5.74) is 7.66. The fourth-order valence-corrected chi connectivity index (χ4v) is 1.43. The molecule has 19 heavy (non-hydrogen) atoms. The summed E-state index contributed by atoms with van der Waals surface area (Å²) in [6.45, 7) is 1.08. The highest BCUT2D eigenvalue weighted by Crippen LogP contribution is 2.28. The third-order valence-corrected chi connectivity index (χ3v) is 2.07. The minimum absolute atomic E-state index is 0.0262. The lowest BCUT2D eigenvalue weighted by molar-refractivity contribution is -0.134. The number of aliphatic carboxylic acids is 1. The molecular formula is C10H12Cl2N4O3. The van der Waals surface area contributed by atoms with Gasteiger partial charge in [-0.05, 0) is 12.1 Å². The van der Waals surface area contributed by atoms with Crippen LogP contribution in [0.3, 0.4) is 0 Å². The number of aromatic hydroxyl groups is 1. The number of carbonyl (C=O) groups is 1. The molecule has 0 heterocycles. The Bertz CT molecular complexity index is 479. The average Bonchev–Trinajstić information content (AvgIpc) is 2.20. The summed E-state index contributed by atoms with van der Waals surface area (Å²) in [4.78, 5) is 9.00. The Labute approximate surface area is 119 Å². The number of nitrogens with zero attached hydrogens (tertiary/aromatic N) is 1. The molecule has 0 amide bonds. The van der Waals surface area contributed by atoms with Gasteiger partial charge in [-0.3, -0.25) is 10.2 Å². The summed E-state index contributed by atoms with van der Waals surface area (Å²) in [5, 5.41) is 27.5. The number of halogens is 2. The van der Waals surface area contributed by atoms with Crippen molar-refractivity contribution >= 4 is 41.3 Å². The van der Waals surface area contributed by atoms with E-state index in [0.29, 0.717) is 5.56 Å². The number of carboxylic acid groups (broad SMARTS) is 1. The van der Waals surface area contributed by atoms with Crippen molar-refractivity contribution in [2.45, 2.75) is 6.92 Å². The smallest absolute Gasteiger partial charge is 0.300 e. The molecule has 0 saturated heterocycles. The van der Waals surface area contributed by atoms with E-state index in [1.54, 1.807) is 0 Å². The van der Waals surface area contributed by atoms with E-state index < -0.39 is 5.97 Å². The van der Waals surface area contributed by atoms with Gasteiger partial charge in [0, 0.05) is 12.5 Å². The maximum atomic E-state index is 9.15. The second-order valence-corrected chi connectivity index (χ2v) is 3.94. The molecule has 1 aromatic rings. The van der Waals surface area contributed by atoms with E-state index in [2.05, 4.69) is 10.5 Å². The van der Waals surface area contributed by atoms with E-state index in [1.165, 1.54) is 18.3 Å². The van der Waals surface area contributed by atoms with Crippen LogP contribution < -0.4 is 11.2 Å². The Morgan fingerprint density at radius 1 is 1.47 bits per heavy atom. The SMILES string of the molecule is CC(=O)O.N=C(N)N/N=C/c1c(Cl)cc(O)cc1Cl. The molecule has 0 spiro atoms. The van der Waals surface area contributed by atoms with Crippen LogP contribution in [0.25, 0.3) is 0 Å². The number of nitrogens with one attached hydrogen (secondary N) is 2. The summed E-state index contributed by atoms with van der Waals surface area (Å²) in [5.74, 6) is -1.15. The molecular weight excluding hydrogens is 295 g/mol. The van der Waals surface area contributed by atoms with Crippen molar-refractivity contribution in [1.29, 1.82) is 5.41 Å². The number of hydrogen-bond donors (Lipinski definition) is 5. The van der Waals surface area contributed by atoms with Crippen LogP contribution in [0, 0.1) is 5.41 Å². The molecule has 1 rings (SSSR count). The Hall–Kier alpha value is -1.99. The molecule has 0 bridgehead atoms. The number of benzene rings is 1. The van der Waals surface area contributed by atoms with Crippen LogP contribution in [0.4, 0.5) is 0 Å². The number of nitrogens with two attached hydrogens (primary N) is 1. The molecule has 0 radical (unpaired) electrons. The van der Waals surface area contributed by atoms with Gasteiger partial charge in [-0.2, -0.15) is 5.10 Å². The zero-order valence-electron chi connectivity index (χ0n) is 9.82. The third-order valence-electron chi connectivity index (χ3n) is 1.44. The number of phenolic OH excluding ortho intramolecular Hbond substituents is 1. The molecule has 1 aromatic carbocycles. The summed E-state index contributed by atoms with van der Waals surface area (Å²) < 4.78 is 0. The van der Waals surface area contributed by atoms with Gasteiger partial charge in [0.05, 0.1) is 16.3 Å². The Balaban J connectivity index is 0.000000711. The minimum atomic E-state index is -0.833. The van der Waals surface area contributed by atoms with E-state index in [0.717, 1.165) is 6.92 Å². The number of phenols is 1. The van der Waals surface area contributed by atoms with Crippen LogP contribution in [-0.2, 0) is 4.79 Å². The van der Waals surface area contributed by atoms with Crippen molar-refractivity contribution < 1.29 is 15.0 Å². The molecule has 0 fully saturated rings. The van der Waals surface area contributed by atoms with E-state index in [1.807, 2.05) is 0 Å². The van der Waals surface area contributed by atoms with Gasteiger partial charge in [0.15, 0.2) is 0 Å². The quantitative estimate of drug-likeness (QED) is 0.322. The molecule has 0 atom stereocenters. The normalized spacial score (nSPS) is 9.63. The van der Waals surface area contributed by atoms with E-state index >= 15 is 0 Å². The number of hydrazone groups is 1. The molecule has 7 nitrogen and oxygen atoms in total. The van der Waals surface area contributed by atoms with Crippen molar-refractivity contribution in [1.82, 2.24) is 5.43 Å². The summed E-state index contributed by atoms with van der Waals surface area (Å²) >= 11 is 11.6. The number of guanidine groups is 1. The van der Waals surface area contributed by atoms with Crippen molar-refractivity contribution in [2.24, 2.45) is 10.8 Å². The molecule has 6 N–H and O–H groups in total. The van der Waals surface area contributed by atoms with Crippen LogP contribution in [-0.4, -0.2) is 28.4 Å². The van der Waals surface area contributed by atoms with Gasteiger partial charge in [-0.1, -0.05) is 23.2 Å². The fraction of sp³-hybridized carbons (Fsp3) is 0.100. The maximum absolute atomic E-state index is 9.15. The highest BCUT2D eigenvalue weighted by molar-refractivity contribution is 6.38. The third kappa shape index (κ3) is 7.85. The van der Waals surface area contributed by atoms with Crippen LogP contribution >= 0.6 is 23.2 Å². The number of rotatable bonds is 2. The van der Waals surface area contributed by atoms with Gasteiger partial charge in [0.25, 0.3) is 5.97 Å². The monoisotopic (exact) mass is 306 g/mol. The van der Waals surface area contributed by atoms with Crippen LogP contribution in [0.5, 0.6) is 5.75 Å². The van der Waals surface area contributed by atoms with E-state index in [4.69, 9.17) is 49.4 Å². The summed E-state index contributed by atoms with van der Waals surface area (Å²) in [6, 6.07) is 2.67. The lowest BCUT2D eigenvalue weighted by Crippen LogP contribution is -2.25. The van der Waals surface area contributed by atoms with Crippen molar-refractivity contribution in [3.8, 4) is 5.75 Å². The lowest BCUT2D eigenvalue weighted by Gasteiger charge is -2.02. The van der Waals surface area contributed by atoms with Crippen LogP contribution in [0.2, 0.25) is 10.0 Å². The second-order valence-electron chi connectivity index (χ2n) is 3.13. The Morgan fingerprint density at radius 3 is 2.26 bits per heavy atom.